The molecule has 4 heteroatoms. The van der Waals surface area contributed by atoms with E-state index in [4.69, 9.17) is 5.73 Å². The Kier molecular flexibility index (Phi) is 3.54. The number of carbonyl (C=O) groups excluding carboxylic acids is 1. The fourth-order valence-corrected chi connectivity index (χ4v) is 1.85. The molecule has 1 unspecified atom stereocenters. The van der Waals surface area contributed by atoms with Crippen LogP contribution in [-0.2, 0) is 4.79 Å². The zero-order chi connectivity index (χ0) is 12.3. The number of aromatic nitrogens is 1. The van der Waals surface area contributed by atoms with Gasteiger partial charge < -0.3 is 11.1 Å². The van der Waals surface area contributed by atoms with E-state index in [1.54, 1.807) is 13.1 Å². The summed E-state index contributed by atoms with van der Waals surface area (Å²) in [6.45, 7) is 3.68. The number of pyridine rings is 1. The van der Waals surface area contributed by atoms with Gasteiger partial charge in [0.2, 0.25) is 5.91 Å². The topological polar surface area (TPSA) is 68.0 Å². The molecule has 0 spiro atoms. The van der Waals surface area contributed by atoms with Crippen LogP contribution < -0.4 is 11.1 Å². The smallest absolute Gasteiger partial charge is 0.224 e. The van der Waals surface area contributed by atoms with E-state index in [0.717, 1.165) is 30.8 Å². The van der Waals surface area contributed by atoms with Crippen molar-refractivity contribution in [2.75, 3.05) is 13.1 Å². The molecule has 0 radical (unpaired) electrons. The summed E-state index contributed by atoms with van der Waals surface area (Å²) in [5.74, 6) is -0.604. The number of nitrogens with one attached hydrogen (secondary N) is 1. The average molecular weight is 231 g/mol. The van der Waals surface area contributed by atoms with Crippen LogP contribution in [0, 0.1) is 0 Å². The second kappa shape index (κ2) is 5.10. The van der Waals surface area contributed by atoms with Gasteiger partial charge in [-0.2, -0.15) is 0 Å². The van der Waals surface area contributed by atoms with Crippen LogP contribution in [0.15, 0.2) is 24.4 Å². The first-order chi connectivity index (χ1) is 8.18. The van der Waals surface area contributed by atoms with Gasteiger partial charge in [0.1, 0.15) is 0 Å². The van der Waals surface area contributed by atoms with Crippen LogP contribution in [0.3, 0.4) is 0 Å². The Bertz CT molecular complexity index is 436. The van der Waals surface area contributed by atoms with Crippen LogP contribution >= 0.6 is 0 Å². The summed E-state index contributed by atoms with van der Waals surface area (Å²) in [6, 6.07) is 3.88. The zero-order valence-corrected chi connectivity index (χ0v) is 9.94. The van der Waals surface area contributed by atoms with E-state index in [2.05, 4.69) is 16.4 Å². The molecule has 0 saturated heterocycles. The van der Waals surface area contributed by atoms with Gasteiger partial charge in [-0.25, -0.2) is 0 Å². The van der Waals surface area contributed by atoms with Crippen LogP contribution in [0.5, 0.6) is 0 Å². The predicted octanol–water partition coefficient (Wildman–Crippen LogP) is 1.05. The summed E-state index contributed by atoms with van der Waals surface area (Å²) >= 11 is 0. The quantitative estimate of drug-likeness (QED) is 0.817. The molecule has 2 heterocycles. The van der Waals surface area contributed by atoms with Gasteiger partial charge in [0.05, 0.1) is 11.6 Å². The van der Waals surface area contributed by atoms with Gasteiger partial charge in [-0.15, -0.1) is 0 Å². The standard InChI is InChI=1S/C13H17N3O/c1-9(13(14)17)10-4-5-12(16-8-10)11-3-2-6-15-7-11/h3-5,8-9,15H,2,6-7H2,1H3,(H2,14,17). The van der Waals surface area contributed by atoms with E-state index in [0.29, 0.717) is 0 Å². The first-order valence-corrected chi connectivity index (χ1v) is 5.84. The summed E-state index contributed by atoms with van der Waals surface area (Å²) in [7, 11) is 0. The molecule has 2 rings (SSSR count). The monoisotopic (exact) mass is 231 g/mol. The van der Waals surface area contributed by atoms with E-state index in [-0.39, 0.29) is 11.8 Å². The zero-order valence-electron chi connectivity index (χ0n) is 9.94. The number of hydrogen-bond donors (Lipinski definition) is 2. The maximum atomic E-state index is 11.1. The summed E-state index contributed by atoms with van der Waals surface area (Å²) in [6.07, 6.45) is 4.98. The average Bonchev–Trinajstić information content (AvgIpc) is 2.39. The Labute approximate surface area is 101 Å². The van der Waals surface area contributed by atoms with Gasteiger partial charge in [0.15, 0.2) is 0 Å². The van der Waals surface area contributed by atoms with Crippen molar-refractivity contribution >= 4 is 11.5 Å². The highest BCUT2D eigenvalue weighted by Crippen LogP contribution is 2.18. The summed E-state index contributed by atoms with van der Waals surface area (Å²) in [5.41, 5.74) is 8.31. The third-order valence-corrected chi connectivity index (χ3v) is 3.07. The van der Waals surface area contributed by atoms with Gasteiger partial charge in [-0.1, -0.05) is 12.1 Å². The minimum absolute atomic E-state index is 0.282. The van der Waals surface area contributed by atoms with E-state index in [1.807, 2.05) is 12.1 Å². The minimum Gasteiger partial charge on any atom is -0.369 e. The van der Waals surface area contributed by atoms with Gasteiger partial charge in [-0.05, 0) is 37.1 Å². The lowest BCUT2D eigenvalue weighted by Gasteiger charge is -2.14. The van der Waals surface area contributed by atoms with E-state index in [1.165, 1.54) is 5.57 Å². The molecule has 1 aliphatic heterocycles. The maximum Gasteiger partial charge on any atom is 0.224 e. The number of carbonyl (C=O) groups is 1. The lowest BCUT2D eigenvalue weighted by atomic mass is 10.0. The molecule has 0 aromatic carbocycles. The van der Waals surface area contributed by atoms with Crippen molar-refractivity contribution in [3.05, 3.63) is 35.7 Å². The first-order valence-electron chi connectivity index (χ1n) is 5.84. The Hall–Kier alpha value is -1.68. The Balaban J connectivity index is 2.18. The number of amides is 1. The van der Waals surface area contributed by atoms with Crippen molar-refractivity contribution in [1.29, 1.82) is 0 Å². The minimum atomic E-state index is -0.321. The second-order valence-electron chi connectivity index (χ2n) is 4.30. The Morgan fingerprint density at radius 2 is 2.35 bits per heavy atom. The van der Waals surface area contributed by atoms with Crippen molar-refractivity contribution in [3.63, 3.8) is 0 Å². The molecule has 1 amide bonds. The third kappa shape index (κ3) is 2.71. The van der Waals surface area contributed by atoms with E-state index >= 15 is 0 Å². The molecule has 90 valence electrons. The molecule has 3 N–H and O–H groups in total. The maximum absolute atomic E-state index is 11.1. The van der Waals surface area contributed by atoms with Gasteiger partial charge in [0.25, 0.3) is 0 Å². The van der Waals surface area contributed by atoms with Crippen LogP contribution in [0.4, 0.5) is 0 Å². The molecule has 1 aromatic rings. The second-order valence-corrected chi connectivity index (χ2v) is 4.30. The predicted molar refractivity (Wildman–Crippen MR) is 67.3 cm³/mol. The SMILES string of the molecule is CC(C(N)=O)c1ccc(C2=CCCNC2)nc1. The highest BCUT2D eigenvalue weighted by Gasteiger charge is 2.13. The van der Waals surface area contributed by atoms with Gasteiger partial charge in [-0.3, -0.25) is 9.78 Å². The molecular formula is C13H17N3O. The lowest BCUT2D eigenvalue weighted by Crippen LogP contribution is -2.22. The molecule has 17 heavy (non-hydrogen) atoms. The van der Waals surface area contributed by atoms with Gasteiger partial charge in [0, 0.05) is 12.7 Å². The molecule has 0 fully saturated rings. The van der Waals surface area contributed by atoms with Crippen LogP contribution in [0.2, 0.25) is 0 Å². The number of rotatable bonds is 3. The molecular weight excluding hydrogens is 214 g/mol. The number of nitrogens with two attached hydrogens (primary N) is 1. The molecule has 1 aliphatic rings. The van der Waals surface area contributed by atoms with Gasteiger partial charge >= 0.3 is 0 Å². The van der Waals surface area contributed by atoms with E-state index < -0.39 is 0 Å². The summed E-state index contributed by atoms with van der Waals surface area (Å²) in [4.78, 5) is 15.4. The molecule has 0 bridgehead atoms. The van der Waals surface area contributed by atoms with Crippen molar-refractivity contribution in [2.45, 2.75) is 19.3 Å². The van der Waals surface area contributed by atoms with E-state index in [9.17, 15) is 4.79 Å². The van der Waals surface area contributed by atoms with Crippen LogP contribution in [-0.4, -0.2) is 24.0 Å². The number of primary amides is 1. The molecule has 0 aliphatic carbocycles. The van der Waals surface area contributed by atoms with Crippen molar-refractivity contribution in [2.24, 2.45) is 5.73 Å². The van der Waals surface area contributed by atoms with Crippen molar-refractivity contribution in [1.82, 2.24) is 10.3 Å². The fraction of sp³-hybridized carbons (Fsp3) is 0.385. The third-order valence-electron chi connectivity index (χ3n) is 3.07. The number of nitrogens with zero attached hydrogens (tertiary/aromatic N) is 1. The first kappa shape index (κ1) is 11.8. The Morgan fingerprint density at radius 3 is 2.88 bits per heavy atom. The summed E-state index contributed by atoms with van der Waals surface area (Å²) < 4.78 is 0. The largest absolute Gasteiger partial charge is 0.369 e. The van der Waals surface area contributed by atoms with Crippen LogP contribution in [0.25, 0.3) is 5.57 Å². The lowest BCUT2D eigenvalue weighted by molar-refractivity contribution is -0.119. The van der Waals surface area contributed by atoms with Crippen LogP contribution in [0.1, 0.15) is 30.5 Å². The molecule has 4 nitrogen and oxygen atoms in total. The molecule has 0 saturated carbocycles. The normalized spacial score (nSPS) is 17.4. The molecule has 1 aromatic heterocycles. The van der Waals surface area contributed by atoms with Crippen molar-refractivity contribution < 1.29 is 4.79 Å². The summed E-state index contributed by atoms with van der Waals surface area (Å²) in [5, 5.41) is 3.31. The highest BCUT2D eigenvalue weighted by molar-refractivity contribution is 5.81. The van der Waals surface area contributed by atoms with Crippen molar-refractivity contribution in [3.8, 4) is 0 Å². The highest BCUT2D eigenvalue weighted by atomic mass is 16.1. The fourth-order valence-electron chi connectivity index (χ4n) is 1.85. The Morgan fingerprint density at radius 1 is 1.53 bits per heavy atom. The molecule has 1 atom stereocenters. The number of hydrogen-bond acceptors (Lipinski definition) is 3.